The molecule has 8 nitrogen and oxygen atoms in total. The molecule has 0 bridgehead atoms. The Kier molecular flexibility index (Phi) is 6.31. The van der Waals surface area contributed by atoms with Gasteiger partial charge in [-0.3, -0.25) is 5.32 Å². The molecule has 2 aromatic heterocycles. The summed E-state index contributed by atoms with van der Waals surface area (Å²) in [6, 6.07) is 22.3. The second-order valence-electron chi connectivity index (χ2n) is 10.2. The number of aliphatic hydroxyl groups is 2. The number of aliphatic hydroxyl groups excluding tert-OH is 2. The van der Waals surface area contributed by atoms with Crippen molar-refractivity contribution in [2.75, 3.05) is 13.7 Å². The number of H-pyrrole nitrogens is 1. The van der Waals surface area contributed by atoms with Crippen LogP contribution in [0.2, 0.25) is 0 Å². The number of fused-ring (bicyclic) bond motifs is 4. The number of nitrogens with zero attached hydrogens (tertiary/aromatic N) is 1. The van der Waals surface area contributed by atoms with Crippen LogP contribution in [0.25, 0.3) is 33.1 Å². The van der Waals surface area contributed by atoms with E-state index < -0.39 is 17.7 Å². The zero-order chi connectivity index (χ0) is 27.1. The Balaban J connectivity index is 1.40. The number of nitrogens with one attached hydrogen (secondary N) is 2. The number of aromatic carboxylic acids is 1. The number of carbonyl (C=O) groups is 1. The molecule has 0 fully saturated rings. The minimum atomic E-state index is -1.11. The molecule has 6 rings (SSSR count). The number of hydrogen-bond donors (Lipinski definition) is 5. The number of aromatic amines is 1. The van der Waals surface area contributed by atoms with Gasteiger partial charge in [0.1, 0.15) is 12.0 Å². The number of carboxylic acids is 1. The van der Waals surface area contributed by atoms with Gasteiger partial charge >= 0.3 is 5.97 Å². The van der Waals surface area contributed by atoms with Crippen LogP contribution in [0, 0.1) is 0 Å². The lowest BCUT2D eigenvalue weighted by Crippen LogP contribution is -2.53. The predicted octanol–water partition coefficient (Wildman–Crippen LogP) is 4.59. The lowest BCUT2D eigenvalue weighted by molar-refractivity contribution is 0.0511. The second-order valence-corrected chi connectivity index (χ2v) is 10.2. The van der Waals surface area contributed by atoms with E-state index in [4.69, 9.17) is 9.72 Å². The van der Waals surface area contributed by atoms with Gasteiger partial charge in [0.25, 0.3) is 0 Å². The number of carboxylic acid groups (broad SMARTS) is 1. The lowest BCUT2D eigenvalue weighted by atomic mass is 9.79. The van der Waals surface area contributed by atoms with Crippen LogP contribution in [0.5, 0.6) is 5.75 Å². The van der Waals surface area contributed by atoms with Gasteiger partial charge in [-0.05, 0) is 67.3 Å². The third-order valence-corrected chi connectivity index (χ3v) is 7.77. The van der Waals surface area contributed by atoms with E-state index in [2.05, 4.69) is 10.3 Å². The summed E-state index contributed by atoms with van der Waals surface area (Å²) >= 11 is 0. The minimum Gasteiger partial charge on any atom is -0.497 e. The van der Waals surface area contributed by atoms with Crippen molar-refractivity contribution in [3.05, 3.63) is 95.2 Å². The van der Waals surface area contributed by atoms with Gasteiger partial charge in [0.2, 0.25) is 0 Å². The highest BCUT2D eigenvalue weighted by Gasteiger charge is 2.38. The van der Waals surface area contributed by atoms with Crippen molar-refractivity contribution in [2.24, 2.45) is 0 Å². The van der Waals surface area contributed by atoms with Gasteiger partial charge in [-0.2, -0.15) is 0 Å². The summed E-state index contributed by atoms with van der Waals surface area (Å²) in [5.74, 6) is -0.337. The molecule has 2 heterocycles. The zero-order valence-corrected chi connectivity index (χ0v) is 21.4. The van der Waals surface area contributed by atoms with E-state index in [1.165, 1.54) is 0 Å². The van der Waals surface area contributed by atoms with Crippen LogP contribution >= 0.6 is 0 Å². The van der Waals surface area contributed by atoms with Gasteiger partial charge in [-0.1, -0.05) is 30.3 Å². The molecule has 5 aromatic rings. The van der Waals surface area contributed by atoms with Crippen molar-refractivity contribution in [2.45, 2.75) is 31.0 Å². The summed E-state index contributed by atoms with van der Waals surface area (Å²) in [5, 5.41) is 36.7. The highest BCUT2D eigenvalue weighted by Crippen LogP contribution is 2.37. The lowest BCUT2D eigenvalue weighted by Gasteiger charge is -2.39. The maximum Gasteiger partial charge on any atom is 0.335 e. The van der Waals surface area contributed by atoms with E-state index in [1.54, 1.807) is 25.3 Å². The molecule has 2 unspecified atom stereocenters. The van der Waals surface area contributed by atoms with Crippen LogP contribution in [0.4, 0.5) is 0 Å². The summed E-state index contributed by atoms with van der Waals surface area (Å²) in [5.41, 5.74) is 5.24. The molecule has 1 aliphatic carbocycles. The van der Waals surface area contributed by atoms with Crippen molar-refractivity contribution in [3.63, 3.8) is 0 Å². The number of pyridine rings is 1. The molecule has 0 spiro atoms. The van der Waals surface area contributed by atoms with Gasteiger partial charge in [0, 0.05) is 38.6 Å². The molecule has 0 saturated carbocycles. The smallest absolute Gasteiger partial charge is 0.335 e. The first kappa shape index (κ1) is 25.1. The number of ether oxygens (including phenoxy) is 1. The number of aromatic nitrogens is 2. The maximum atomic E-state index is 11.7. The van der Waals surface area contributed by atoms with Crippen LogP contribution in [-0.2, 0) is 12.8 Å². The average Bonchev–Trinajstić information content (AvgIpc) is 3.33. The van der Waals surface area contributed by atoms with Crippen molar-refractivity contribution in [1.82, 2.24) is 15.3 Å². The number of rotatable bonds is 7. The number of hydrogen-bond acceptors (Lipinski definition) is 6. The Morgan fingerprint density at radius 1 is 1.10 bits per heavy atom. The first-order chi connectivity index (χ1) is 18.9. The summed E-state index contributed by atoms with van der Waals surface area (Å²) in [6.45, 7) is -0.202. The molecule has 2 atom stereocenters. The van der Waals surface area contributed by atoms with E-state index in [-0.39, 0.29) is 12.2 Å². The Morgan fingerprint density at radius 3 is 2.67 bits per heavy atom. The van der Waals surface area contributed by atoms with Gasteiger partial charge in [-0.25, -0.2) is 9.78 Å². The summed E-state index contributed by atoms with van der Waals surface area (Å²) in [4.78, 5) is 19.8. The average molecular weight is 524 g/mol. The minimum absolute atomic E-state index is 0.202. The van der Waals surface area contributed by atoms with Gasteiger partial charge in [0.15, 0.2) is 0 Å². The fourth-order valence-electron chi connectivity index (χ4n) is 5.66. The summed E-state index contributed by atoms with van der Waals surface area (Å²) in [6.07, 6.45) is 0.548. The molecular weight excluding hydrogens is 494 g/mol. The topological polar surface area (TPSA) is 128 Å². The van der Waals surface area contributed by atoms with E-state index in [9.17, 15) is 20.1 Å². The van der Waals surface area contributed by atoms with E-state index in [0.717, 1.165) is 44.3 Å². The molecule has 0 amide bonds. The fourth-order valence-corrected chi connectivity index (χ4v) is 5.66. The Morgan fingerprint density at radius 2 is 1.92 bits per heavy atom. The van der Waals surface area contributed by atoms with Crippen LogP contribution in [0.3, 0.4) is 0 Å². The summed E-state index contributed by atoms with van der Waals surface area (Å²) < 4.78 is 5.45. The maximum absolute atomic E-state index is 11.7. The largest absolute Gasteiger partial charge is 0.497 e. The quantitative estimate of drug-likeness (QED) is 0.197. The molecule has 8 heteroatoms. The third-order valence-electron chi connectivity index (χ3n) is 7.77. The van der Waals surface area contributed by atoms with Crippen molar-refractivity contribution >= 4 is 27.8 Å². The van der Waals surface area contributed by atoms with Crippen LogP contribution in [0.1, 0.15) is 39.8 Å². The standard InChI is InChI=1S/C31H29N3O5/c1-39-20-8-10-26-22(14-20)23(15-28(33-26)18-5-3-2-4-6-18)29(36)34-31(17-35)12-11-27-24(16-31)21-13-19(30(37)38)7-9-25(21)32-27/h2-10,13-15,29,32,34-36H,11-12,16-17H2,1H3,(H,37,38). The highest BCUT2D eigenvalue weighted by molar-refractivity contribution is 5.95. The van der Waals surface area contributed by atoms with Crippen LogP contribution in [-0.4, -0.2) is 50.5 Å². The molecule has 3 aromatic carbocycles. The van der Waals surface area contributed by atoms with Crippen LogP contribution in [0.15, 0.2) is 72.8 Å². The van der Waals surface area contributed by atoms with Gasteiger partial charge in [0.05, 0.1) is 30.5 Å². The normalized spacial score (nSPS) is 17.7. The first-order valence-electron chi connectivity index (χ1n) is 12.9. The number of benzene rings is 3. The third kappa shape index (κ3) is 4.52. The molecule has 5 N–H and O–H groups in total. The van der Waals surface area contributed by atoms with E-state index in [1.807, 2.05) is 54.6 Å². The van der Waals surface area contributed by atoms with Crippen molar-refractivity contribution < 1.29 is 24.9 Å². The van der Waals surface area contributed by atoms with E-state index >= 15 is 0 Å². The van der Waals surface area contributed by atoms with Crippen molar-refractivity contribution in [3.8, 4) is 17.0 Å². The van der Waals surface area contributed by atoms with Gasteiger partial charge in [-0.15, -0.1) is 0 Å². The Hall–Kier alpha value is -4.24. The molecule has 39 heavy (non-hydrogen) atoms. The molecule has 198 valence electrons. The number of methoxy groups -OCH3 is 1. The second kappa shape index (κ2) is 9.81. The molecule has 0 saturated heterocycles. The predicted molar refractivity (Wildman–Crippen MR) is 149 cm³/mol. The highest BCUT2D eigenvalue weighted by atomic mass is 16.5. The Bertz CT molecular complexity index is 1700. The first-order valence-corrected chi connectivity index (χ1v) is 12.9. The zero-order valence-electron chi connectivity index (χ0n) is 21.4. The molecule has 0 radical (unpaired) electrons. The molecule has 1 aliphatic rings. The Labute approximate surface area is 224 Å². The van der Waals surface area contributed by atoms with Crippen LogP contribution < -0.4 is 10.1 Å². The molecular formula is C31H29N3O5. The summed E-state index contributed by atoms with van der Waals surface area (Å²) in [7, 11) is 1.60. The molecule has 0 aliphatic heterocycles. The fraction of sp³-hybridized carbons (Fsp3) is 0.226. The van der Waals surface area contributed by atoms with Gasteiger partial charge < -0.3 is 25.0 Å². The SMILES string of the molecule is COc1ccc2nc(-c3ccccc3)cc(C(O)NC3(CO)CCc4[nH]c5ccc(C(=O)O)cc5c4C3)c2c1. The van der Waals surface area contributed by atoms with E-state index in [0.29, 0.717) is 30.6 Å². The number of aryl methyl sites for hydroxylation is 1. The monoisotopic (exact) mass is 523 g/mol. The van der Waals surface area contributed by atoms with Crippen molar-refractivity contribution in [1.29, 1.82) is 0 Å².